The highest BCUT2D eigenvalue weighted by molar-refractivity contribution is 5.17. The monoisotopic (exact) mass is 176 g/mol. The molecule has 0 aliphatic heterocycles. The molecule has 0 fully saturated rings. The van der Waals surface area contributed by atoms with E-state index in [-0.39, 0.29) is 0 Å². The van der Waals surface area contributed by atoms with Gasteiger partial charge in [-0.15, -0.1) is 0 Å². The number of rotatable bonds is 0. The summed E-state index contributed by atoms with van der Waals surface area (Å²) in [5.41, 5.74) is 0.372. The van der Waals surface area contributed by atoms with E-state index >= 15 is 0 Å². The second kappa shape index (κ2) is 4.80. The third-order valence-electron chi connectivity index (χ3n) is 1.13. The lowest BCUT2D eigenvalue weighted by Gasteiger charge is -1.95. The summed E-state index contributed by atoms with van der Waals surface area (Å²) >= 11 is 0. The minimum atomic E-state index is -1.41. The second-order valence-electron chi connectivity index (χ2n) is 2.04. The van der Waals surface area contributed by atoms with E-state index in [0.717, 1.165) is 12.1 Å². The second-order valence-corrected chi connectivity index (χ2v) is 2.04. The van der Waals surface area contributed by atoms with Gasteiger partial charge in [0.05, 0.1) is 0 Å². The largest absolute Gasteiger partial charge is 0.204 e. The van der Waals surface area contributed by atoms with E-state index in [1.54, 1.807) is 0 Å². The topological polar surface area (TPSA) is 0 Å². The van der Waals surface area contributed by atoms with Crippen molar-refractivity contribution in [2.75, 3.05) is 0 Å². The molecule has 12 heavy (non-hydrogen) atoms. The first-order valence-electron chi connectivity index (χ1n) is 3.72. The fraction of sp³-hybridized carbons (Fsp3) is 0.333. The number of hydrogen-bond acceptors (Lipinski definition) is 0. The molecule has 0 aliphatic rings. The minimum Gasteiger partial charge on any atom is -0.204 e. The van der Waals surface area contributed by atoms with Crippen LogP contribution in [0.2, 0.25) is 0 Å². The van der Waals surface area contributed by atoms with Crippen molar-refractivity contribution in [3.63, 3.8) is 0 Å². The summed E-state index contributed by atoms with van der Waals surface area (Å²) < 4.78 is 36.6. The van der Waals surface area contributed by atoms with Crippen molar-refractivity contribution >= 4 is 0 Å². The molecule has 0 saturated heterocycles. The predicted octanol–water partition coefficient (Wildman–Crippen LogP) is 3.44. The van der Waals surface area contributed by atoms with Gasteiger partial charge in [-0.3, -0.25) is 0 Å². The fourth-order valence-electron chi connectivity index (χ4n) is 0.682. The van der Waals surface area contributed by atoms with E-state index in [1.165, 1.54) is 6.92 Å². The Morgan fingerprint density at radius 2 is 1.25 bits per heavy atom. The van der Waals surface area contributed by atoms with Crippen LogP contribution >= 0.6 is 0 Å². The summed E-state index contributed by atoms with van der Waals surface area (Å²) in [4.78, 5) is 0. The van der Waals surface area contributed by atoms with Crippen LogP contribution < -0.4 is 0 Å². The van der Waals surface area contributed by atoms with E-state index in [1.807, 2.05) is 13.8 Å². The molecule has 1 aromatic rings. The van der Waals surface area contributed by atoms with Gasteiger partial charge in [-0.05, 0) is 24.6 Å². The van der Waals surface area contributed by atoms with E-state index < -0.39 is 17.5 Å². The number of aryl methyl sites for hydroxylation is 1. The maximum Gasteiger partial charge on any atom is 0.194 e. The van der Waals surface area contributed by atoms with Crippen LogP contribution in [0.5, 0.6) is 0 Å². The van der Waals surface area contributed by atoms with Gasteiger partial charge in [0, 0.05) is 0 Å². The van der Waals surface area contributed by atoms with E-state index in [2.05, 4.69) is 0 Å². The molecule has 0 radical (unpaired) electrons. The standard InChI is InChI=1S/C7H5F3.C2H6/c1-4-2-5(8)7(10)6(9)3-4;1-2/h2-3H,1H3;1-2H3. The highest BCUT2D eigenvalue weighted by Gasteiger charge is 2.07. The van der Waals surface area contributed by atoms with Gasteiger partial charge in [0.2, 0.25) is 0 Å². The molecule has 68 valence electrons. The molecule has 0 aliphatic carbocycles. The average Bonchev–Trinajstić information content (AvgIpc) is 2.04. The van der Waals surface area contributed by atoms with Gasteiger partial charge in [-0.25, -0.2) is 13.2 Å². The molecule has 0 spiro atoms. The van der Waals surface area contributed by atoms with Crippen LogP contribution in [0.1, 0.15) is 19.4 Å². The Kier molecular flexibility index (Phi) is 4.40. The maximum atomic E-state index is 12.2. The van der Waals surface area contributed by atoms with Crippen LogP contribution in [0, 0.1) is 24.4 Å². The van der Waals surface area contributed by atoms with Crippen LogP contribution in [0.4, 0.5) is 13.2 Å². The summed E-state index contributed by atoms with van der Waals surface area (Å²) in [6.45, 7) is 5.49. The summed E-state index contributed by atoms with van der Waals surface area (Å²) in [6.07, 6.45) is 0. The Balaban J connectivity index is 0.000000561. The van der Waals surface area contributed by atoms with Gasteiger partial charge >= 0.3 is 0 Å². The zero-order chi connectivity index (χ0) is 9.72. The fourth-order valence-corrected chi connectivity index (χ4v) is 0.682. The molecular formula is C9H11F3. The van der Waals surface area contributed by atoms with Gasteiger partial charge < -0.3 is 0 Å². The van der Waals surface area contributed by atoms with Crippen molar-refractivity contribution in [2.45, 2.75) is 20.8 Å². The van der Waals surface area contributed by atoms with Crippen LogP contribution in [-0.4, -0.2) is 0 Å². The summed E-state index contributed by atoms with van der Waals surface area (Å²) in [6, 6.07) is 1.89. The van der Waals surface area contributed by atoms with Crippen molar-refractivity contribution in [3.05, 3.63) is 35.1 Å². The first kappa shape index (κ1) is 11.0. The van der Waals surface area contributed by atoms with E-state index in [0.29, 0.717) is 5.56 Å². The highest BCUT2D eigenvalue weighted by Crippen LogP contribution is 2.11. The third kappa shape index (κ3) is 2.57. The molecule has 0 unspecified atom stereocenters. The normalized spacial score (nSPS) is 8.83. The summed E-state index contributed by atoms with van der Waals surface area (Å²) in [5, 5.41) is 0. The van der Waals surface area contributed by atoms with Crippen LogP contribution in [-0.2, 0) is 0 Å². The lowest BCUT2D eigenvalue weighted by Crippen LogP contribution is -1.90. The number of halogens is 3. The third-order valence-corrected chi connectivity index (χ3v) is 1.13. The molecule has 0 nitrogen and oxygen atoms in total. The van der Waals surface area contributed by atoms with Crippen molar-refractivity contribution < 1.29 is 13.2 Å². The van der Waals surface area contributed by atoms with Gasteiger partial charge in [0.25, 0.3) is 0 Å². The molecule has 0 aromatic heterocycles. The molecule has 1 aromatic carbocycles. The Morgan fingerprint density at radius 3 is 1.58 bits per heavy atom. The Labute approximate surface area is 70.0 Å². The van der Waals surface area contributed by atoms with Crippen molar-refractivity contribution in [2.24, 2.45) is 0 Å². The quantitative estimate of drug-likeness (QED) is 0.531. The molecule has 0 amide bonds. The first-order valence-corrected chi connectivity index (χ1v) is 3.72. The Morgan fingerprint density at radius 1 is 0.917 bits per heavy atom. The minimum absolute atomic E-state index is 0.372. The van der Waals surface area contributed by atoms with Gasteiger partial charge in [0.15, 0.2) is 17.5 Å². The van der Waals surface area contributed by atoms with Gasteiger partial charge in [-0.2, -0.15) is 0 Å². The van der Waals surface area contributed by atoms with Crippen LogP contribution in [0.15, 0.2) is 12.1 Å². The number of hydrogen-bond donors (Lipinski definition) is 0. The highest BCUT2D eigenvalue weighted by atomic mass is 19.2. The zero-order valence-electron chi connectivity index (χ0n) is 7.29. The molecule has 0 saturated carbocycles. The predicted molar refractivity (Wildman–Crippen MR) is 42.4 cm³/mol. The van der Waals surface area contributed by atoms with Crippen molar-refractivity contribution in [1.29, 1.82) is 0 Å². The molecule has 0 bridgehead atoms. The average molecular weight is 176 g/mol. The molecule has 1 rings (SSSR count). The molecular weight excluding hydrogens is 165 g/mol. The van der Waals surface area contributed by atoms with E-state index in [4.69, 9.17) is 0 Å². The Hall–Kier alpha value is -0.990. The lowest BCUT2D eigenvalue weighted by molar-refractivity contribution is 0.446. The van der Waals surface area contributed by atoms with Gasteiger partial charge in [0.1, 0.15) is 0 Å². The van der Waals surface area contributed by atoms with Gasteiger partial charge in [-0.1, -0.05) is 13.8 Å². The Bertz CT molecular complexity index is 233. The molecule has 0 atom stereocenters. The molecule has 0 heterocycles. The van der Waals surface area contributed by atoms with Crippen molar-refractivity contribution in [1.82, 2.24) is 0 Å². The van der Waals surface area contributed by atoms with Crippen LogP contribution in [0.3, 0.4) is 0 Å². The maximum absolute atomic E-state index is 12.2. The zero-order valence-corrected chi connectivity index (χ0v) is 7.29. The molecule has 0 N–H and O–H groups in total. The van der Waals surface area contributed by atoms with Crippen LogP contribution in [0.25, 0.3) is 0 Å². The smallest absolute Gasteiger partial charge is 0.194 e. The molecule has 3 heteroatoms. The summed E-state index contributed by atoms with van der Waals surface area (Å²) in [7, 11) is 0. The summed E-state index contributed by atoms with van der Waals surface area (Å²) in [5.74, 6) is -3.69. The lowest BCUT2D eigenvalue weighted by atomic mass is 10.2. The van der Waals surface area contributed by atoms with E-state index in [9.17, 15) is 13.2 Å². The number of benzene rings is 1. The SMILES string of the molecule is CC.Cc1cc(F)c(F)c(F)c1. The van der Waals surface area contributed by atoms with Crippen molar-refractivity contribution in [3.8, 4) is 0 Å². The first-order chi connectivity index (χ1) is 5.61.